The van der Waals surface area contributed by atoms with Crippen molar-refractivity contribution in [1.82, 2.24) is 9.99 Å². The van der Waals surface area contributed by atoms with Gasteiger partial charge in [-0.2, -0.15) is 5.10 Å². The van der Waals surface area contributed by atoms with Crippen LogP contribution >= 0.6 is 0 Å². The minimum atomic E-state index is -0.432. The van der Waals surface area contributed by atoms with E-state index in [0.717, 1.165) is 22.5 Å². The second-order valence-electron chi connectivity index (χ2n) is 6.90. The molecule has 2 aromatic heterocycles. The van der Waals surface area contributed by atoms with Crippen LogP contribution in [-0.2, 0) is 0 Å². The summed E-state index contributed by atoms with van der Waals surface area (Å²) in [6, 6.07) is 19.2. The van der Waals surface area contributed by atoms with Crippen molar-refractivity contribution >= 4 is 28.8 Å². The Morgan fingerprint density at radius 1 is 1.13 bits per heavy atom. The van der Waals surface area contributed by atoms with Gasteiger partial charge in [-0.05, 0) is 48.5 Å². The maximum atomic E-state index is 12.4. The molecule has 0 saturated carbocycles. The number of ether oxygens (including phenoxy) is 1. The fourth-order valence-electron chi connectivity index (χ4n) is 3.17. The number of nitrogens with zero attached hydrogens (tertiary/aromatic N) is 3. The SMILES string of the molecule is COc1cccc2cc(C(=O)N/N=C\c3cccn3-c3ccc(N(C)C)cc3)oc12. The molecule has 0 spiro atoms. The third-order valence-electron chi connectivity index (χ3n) is 4.74. The molecule has 7 heteroatoms. The minimum Gasteiger partial charge on any atom is -0.493 e. The zero-order valence-corrected chi connectivity index (χ0v) is 17.0. The van der Waals surface area contributed by atoms with Crippen LogP contribution in [0.5, 0.6) is 5.75 Å². The number of carbonyl (C=O) groups is 1. The first kappa shape index (κ1) is 19.3. The molecule has 0 aliphatic carbocycles. The van der Waals surface area contributed by atoms with Crippen LogP contribution < -0.4 is 15.1 Å². The van der Waals surface area contributed by atoms with E-state index in [1.165, 1.54) is 0 Å². The molecular formula is C23H22N4O3. The predicted octanol–water partition coefficient (Wildman–Crippen LogP) is 4.06. The predicted molar refractivity (Wildman–Crippen MR) is 118 cm³/mol. The van der Waals surface area contributed by atoms with Crippen LogP contribution in [0, 0.1) is 0 Å². The highest BCUT2D eigenvalue weighted by Gasteiger charge is 2.14. The first-order valence-corrected chi connectivity index (χ1v) is 9.42. The summed E-state index contributed by atoms with van der Waals surface area (Å²) in [6.45, 7) is 0. The van der Waals surface area contributed by atoms with Gasteiger partial charge in [0.05, 0.1) is 19.0 Å². The van der Waals surface area contributed by atoms with Crippen LogP contribution in [0.15, 0.2) is 76.4 Å². The van der Waals surface area contributed by atoms with Crippen LogP contribution in [-0.4, -0.2) is 37.9 Å². The number of fused-ring (bicyclic) bond motifs is 1. The number of hydrogen-bond acceptors (Lipinski definition) is 5. The normalized spacial score (nSPS) is 11.2. The van der Waals surface area contributed by atoms with Crippen molar-refractivity contribution in [2.75, 3.05) is 26.1 Å². The summed E-state index contributed by atoms with van der Waals surface area (Å²) in [5.41, 5.74) is 6.00. The fraction of sp³-hybridized carbons (Fsp3) is 0.130. The van der Waals surface area contributed by atoms with E-state index in [1.807, 2.05) is 78.3 Å². The molecule has 152 valence electrons. The third-order valence-corrected chi connectivity index (χ3v) is 4.74. The molecule has 0 bridgehead atoms. The lowest BCUT2D eigenvalue weighted by Crippen LogP contribution is -2.17. The molecule has 0 fully saturated rings. The Kier molecular flexibility index (Phi) is 5.26. The van der Waals surface area contributed by atoms with Crippen LogP contribution in [0.1, 0.15) is 16.2 Å². The fourth-order valence-corrected chi connectivity index (χ4v) is 3.17. The van der Waals surface area contributed by atoms with Gasteiger partial charge in [0.2, 0.25) is 0 Å². The Hall–Kier alpha value is -4.00. The molecule has 0 aliphatic heterocycles. The van der Waals surface area contributed by atoms with Gasteiger partial charge in [0.1, 0.15) is 0 Å². The zero-order valence-electron chi connectivity index (χ0n) is 17.0. The highest BCUT2D eigenvalue weighted by atomic mass is 16.5. The monoisotopic (exact) mass is 402 g/mol. The Bertz CT molecular complexity index is 1200. The number of amides is 1. The average Bonchev–Trinajstić information content (AvgIpc) is 3.40. The number of furan rings is 1. The Balaban J connectivity index is 1.49. The molecule has 0 unspecified atom stereocenters. The summed E-state index contributed by atoms with van der Waals surface area (Å²) in [4.78, 5) is 14.5. The van der Waals surface area contributed by atoms with E-state index >= 15 is 0 Å². The molecule has 1 N–H and O–H groups in total. The van der Waals surface area contributed by atoms with Crippen LogP contribution in [0.2, 0.25) is 0 Å². The molecule has 0 aliphatic rings. The summed E-state index contributed by atoms with van der Waals surface area (Å²) in [7, 11) is 5.57. The number of benzene rings is 2. The largest absolute Gasteiger partial charge is 0.493 e. The molecule has 0 atom stereocenters. The Morgan fingerprint density at radius 3 is 2.67 bits per heavy atom. The van der Waals surface area contributed by atoms with Crippen molar-refractivity contribution in [1.29, 1.82) is 0 Å². The summed E-state index contributed by atoms with van der Waals surface area (Å²) in [5.74, 6) is 0.312. The zero-order chi connectivity index (χ0) is 21.1. The van der Waals surface area contributed by atoms with Crippen LogP contribution in [0.3, 0.4) is 0 Å². The lowest BCUT2D eigenvalue weighted by molar-refractivity contribution is 0.0929. The highest BCUT2D eigenvalue weighted by Crippen LogP contribution is 2.28. The second-order valence-corrected chi connectivity index (χ2v) is 6.90. The van der Waals surface area contributed by atoms with Crippen LogP contribution in [0.25, 0.3) is 16.7 Å². The molecule has 4 aromatic rings. The van der Waals surface area contributed by atoms with E-state index in [9.17, 15) is 4.79 Å². The van der Waals surface area contributed by atoms with Gasteiger partial charge in [0.25, 0.3) is 0 Å². The van der Waals surface area contributed by atoms with Gasteiger partial charge in [0, 0.05) is 37.1 Å². The van der Waals surface area contributed by atoms with Gasteiger partial charge in [-0.15, -0.1) is 0 Å². The number of hydrazone groups is 1. The van der Waals surface area contributed by atoms with Crippen molar-refractivity contribution in [2.45, 2.75) is 0 Å². The number of anilines is 1. The summed E-state index contributed by atoms with van der Waals surface area (Å²) >= 11 is 0. The van der Waals surface area contributed by atoms with Crippen molar-refractivity contribution < 1.29 is 13.9 Å². The van der Waals surface area contributed by atoms with Crippen molar-refractivity contribution in [3.8, 4) is 11.4 Å². The smallest absolute Gasteiger partial charge is 0.307 e. The number of nitrogens with one attached hydrogen (secondary N) is 1. The molecular weight excluding hydrogens is 380 g/mol. The van der Waals surface area contributed by atoms with Crippen LogP contribution in [0.4, 0.5) is 5.69 Å². The number of aromatic nitrogens is 1. The molecule has 2 aromatic carbocycles. The summed E-state index contributed by atoms with van der Waals surface area (Å²) in [6.07, 6.45) is 3.54. The molecule has 0 saturated heterocycles. The van der Waals surface area contributed by atoms with E-state index < -0.39 is 5.91 Å². The van der Waals surface area contributed by atoms with Gasteiger partial charge in [-0.3, -0.25) is 4.79 Å². The van der Waals surface area contributed by atoms with Gasteiger partial charge in [0.15, 0.2) is 17.1 Å². The highest BCUT2D eigenvalue weighted by molar-refractivity contribution is 5.97. The molecule has 0 radical (unpaired) electrons. The molecule has 2 heterocycles. The van der Waals surface area contributed by atoms with Crippen molar-refractivity contribution in [2.24, 2.45) is 5.10 Å². The van der Waals surface area contributed by atoms with Crippen molar-refractivity contribution in [3.63, 3.8) is 0 Å². The van der Waals surface area contributed by atoms with Gasteiger partial charge in [-0.25, -0.2) is 5.43 Å². The average molecular weight is 402 g/mol. The molecule has 30 heavy (non-hydrogen) atoms. The molecule has 4 rings (SSSR count). The topological polar surface area (TPSA) is 72.0 Å². The second kappa shape index (κ2) is 8.16. The summed E-state index contributed by atoms with van der Waals surface area (Å²) in [5, 5.41) is 4.88. The standard InChI is InChI=1S/C23H22N4O3/c1-26(2)17-9-11-18(12-10-17)27-13-5-7-19(27)15-24-25-23(28)21-14-16-6-4-8-20(29-3)22(16)30-21/h4-15H,1-3H3,(H,25,28)/b24-15-. The van der Waals surface area contributed by atoms with Gasteiger partial charge in [-0.1, -0.05) is 12.1 Å². The third kappa shape index (κ3) is 3.77. The number of hydrogen-bond donors (Lipinski definition) is 1. The number of carbonyl (C=O) groups excluding carboxylic acids is 1. The number of methoxy groups -OCH3 is 1. The molecule has 7 nitrogen and oxygen atoms in total. The van der Waals surface area contributed by atoms with Gasteiger partial charge >= 0.3 is 5.91 Å². The van der Waals surface area contributed by atoms with Crippen molar-refractivity contribution in [3.05, 3.63) is 78.3 Å². The number of rotatable bonds is 6. The molecule has 1 amide bonds. The summed E-state index contributed by atoms with van der Waals surface area (Å²) < 4.78 is 12.9. The van der Waals surface area contributed by atoms with E-state index in [-0.39, 0.29) is 5.76 Å². The van der Waals surface area contributed by atoms with E-state index in [4.69, 9.17) is 9.15 Å². The quantitative estimate of drug-likeness (QED) is 0.390. The Morgan fingerprint density at radius 2 is 1.93 bits per heavy atom. The lowest BCUT2D eigenvalue weighted by Gasteiger charge is -2.13. The Labute approximate surface area is 174 Å². The first-order chi connectivity index (χ1) is 14.6. The van der Waals surface area contributed by atoms with Gasteiger partial charge < -0.3 is 18.6 Å². The maximum Gasteiger partial charge on any atom is 0.307 e. The number of para-hydroxylation sites is 1. The lowest BCUT2D eigenvalue weighted by atomic mass is 10.2. The maximum absolute atomic E-state index is 12.4. The van der Waals surface area contributed by atoms with E-state index in [0.29, 0.717) is 11.3 Å². The first-order valence-electron chi connectivity index (χ1n) is 9.42. The van der Waals surface area contributed by atoms with E-state index in [1.54, 1.807) is 25.5 Å². The minimum absolute atomic E-state index is 0.168. The van der Waals surface area contributed by atoms with E-state index in [2.05, 4.69) is 10.5 Å².